The van der Waals surface area contributed by atoms with Crippen LogP contribution in [0.5, 0.6) is 0 Å². The van der Waals surface area contributed by atoms with Gasteiger partial charge in [-0.2, -0.15) is 0 Å². The molecule has 5 rings (SSSR count). The molecule has 0 spiro atoms. The second-order valence-corrected chi connectivity index (χ2v) is 8.75. The summed E-state index contributed by atoms with van der Waals surface area (Å²) < 4.78 is 13.5. The van der Waals surface area contributed by atoms with Gasteiger partial charge in [0.05, 0.1) is 11.2 Å². The van der Waals surface area contributed by atoms with Crippen molar-refractivity contribution in [3.8, 4) is 0 Å². The third-order valence-electron chi connectivity index (χ3n) is 6.54. The van der Waals surface area contributed by atoms with Crippen molar-refractivity contribution in [1.29, 1.82) is 0 Å². The molecule has 1 aliphatic heterocycles. The van der Waals surface area contributed by atoms with Crippen LogP contribution in [0.1, 0.15) is 50.6 Å². The fourth-order valence-electron chi connectivity index (χ4n) is 4.68. The van der Waals surface area contributed by atoms with Gasteiger partial charge in [-0.05, 0) is 81.9 Å². The molecule has 2 saturated carbocycles. The number of aromatic nitrogens is 2. The number of anilines is 1. The number of aryl methyl sites for hydroxylation is 1. The first kappa shape index (κ1) is 17.4. The van der Waals surface area contributed by atoms with Gasteiger partial charge in [-0.15, -0.1) is 0 Å². The highest BCUT2D eigenvalue weighted by molar-refractivity contribution is 5.81. The number of halogens is 1. The van der Waals surface area contributed by atoms with Crippen LogP contribution in [-0.4, -0.2) is 35.1 Å². The first-order valence-electron chi connectivity index (χ1n) is 10.6. The molecule has 0 unspecified atom stereocenters. The van der Waals surface area contributed by atoms with Crippen molar-refractivity contribution in [2.75, 3.05) is 18.0 Å². The van der Waals surface area contributed by atoms with Crippen LogP contribution in [0.25, 0.3) is 10.9 Å². The molecule has 1 atom stereocenters. The number of nitrogens with zero attached hydrogens (tertiary/aromatic N) is 3. The van der Waals surface area contributed by atoms with Crippen LogP contribution in [0.3, 0.4) is 0 Å². The molecule has 5 heteroatoms. The van der Waals surface area contributed by atoms with E-state index < -0.39 is 0 Å². The van der Waals surface area contributed by atoms with Crippen LogP contribution in [0, 0.1) is 24.6 Å². The van der Waals surface area contributed by atoms with Gasteiger partial charge in [0.25, 0.3) is 0 Å². The second-order valence-electron chi connectivity index (χ2n) is 8.75. The highest BCUT2D eigenvalue weighted by Gasteiger charge is 2.42. The lowest BCUT2D eigenvalue weighted by Crippen LogP contribution is -2.41. The van der Waals surface area contributed by atoms with Gasteiger partial charge >= 0.3 is 0 Å². The van der Waals surface area contributed by atoms with E-state index in [1.54, 1.807) is 6.07 Å². The highest BCUT2D eigenvalue weighted by Crippen LogP contribution is 2.45. The molecule has 3 aliphatic rings. The minimum Gasteiger partial charge on any atom is -0.341 e. The SMILES string of the molecule is Cc1nc(N2CCC[C@@H](NC(C3CC3)C3CC3)CC2)nc2ccc(F)cc12. The van der Waals surface area contributed by atoms with E-state index in [0.29, 0.717) is 6.04 Å². The first-order valence-corrected chi connectivity index (χ1v) is 10.6. The maximum absolute atomic E-state index is 13.5. The summed E-state index contributed by atoms with van der Waals surface area (Å²) >= 11 is 0. The predicted molar refractivity (Wildman–Crippen MR) is 106 cm³/mol. The molecule has 1 aromatic carbocycles. The standard InChI is InChI=1S/C22H29FN4/c1-14-19-13-17(23)8-9-20(19)26-22(24-14)27-11-2-3-18(10-12-27)25-21(15-4-5-15)16-6-7-16/h8-9,13,15-16,18,21,25H,2-7,10-12H2,1H3/t18-/m1/s1. The van der Waals surface area contributed by atoms with Crippen LogP contribution in [-0.2, 0) is 0 Å². The summed E-state index contributed by atoms with van der Waals surface area (Å²) in [6.07, 6.45) is 9.28. The van der Waals surface area contributed by atoms with Crippen molar-refractivity contribution in [3.63, 3.8) is 0 Å². The Morgan fingerprint density at radius 1 is 1.04 bits per heavy atom. The third-order valence-corrected chi connectivity index (χ3v) is 6.54. The Balaban J connectivity index is 1.29. The van der Waals surface area contributed by atoms with Crippen LogP contribution in [0.2, 0.25) is 0 Å². The van der Waals surface area contributed by atoms with Crippen molar-refractivity contribution < 1.29 is 4.39 Å². The van der Waals surface area contributed by atoms with Crippen molar-refractivity contribution in [2.24, 2.45) is 11.8 Å². The van der Waals surface area contributed by atoms with E-state index in [9.17, 15) is 4.39 Å². The fraction of sp³-hybridized carbons (Fsp3) is 0.636. The molecule has 2 aromatic rings. The van der Waals surface area contributed by atoms with Gasteiger partial charge in [0, 0.05) is 30.6 Å². The zero-order chi connectivity index (χ0) is 18.4. The summed E-state index contributed by atoms with van der Waals surface area (Å²) in [4.78, 5) is 11.8. The van der Waals surface area contributed by atoms with Gasteiger partial charge in [-0.3, -0.25) is 0 Å². The third kappa shape index (κ3) is 3.79. The summed E-state index contributed by atoms with van der Waals surface area (Å²) in [6, 6.07) is 6.18. The maximum Gasteiger partial charge on any atom is 0.226 e. The Bertz CT molecular complexity index is 818. The van der Waals surface area contributed by atoms with Crippen molar-refractivity contribution in [1.82, 2.24) is 15.3 Å². The molecular formula is C22H29FN4. The fourth-order valence-corrected chi connectivity index (χ4v) is 4.68. The number of nitrogens with one attached hydrogen (secondary N) is 1. The summed E-state index contributed by atoms with van der Waals surface area (Å²) in [5.74, 6) is 2.46. The van der Waals surface area contributed by atoms with Gasteiger partial charge in [0.15, 0.2) is 0 Å². The Labute approximate surface area is 160 Å². The van der Waals surface area contributed by atoms with E-state index in [4.69, 9.17) is 9.97 Å². The van der Waals surface area contributed by atoms with E-state index >= 15 is 0 Å². The lowest BCUT2D eigenvalue weighted by molar-refractivity contribution is 0.343. The molecule has 0 bridgehead atoms. The molecule has 1 aromatic heterocycles. The van der Waals surface area contributed by atoms with E-state index in [1.165, 1.54) is 50.7 Å². The van der Waals surface area contributed by atoms with Crippen molar-refractivity contribution in [2.45, 2.75) is 64.0 Å². The van der Waals surface area contributed by atoms with Crippen LogP contribution in [0.15, 0.2) is 18.2 Å². The van der Waals surface area contributed by atoms with E-state index in [1.807, 2.05) is 6.92 Å². The van der Waals surface area contributed by atoms with Gasteiger partial charge < -0.3 is 10.2 Å². The molecule has 0 radical (unpaired) electrons. The Morgan fingerprint density at radius 2 is 1.81 bits per heavy atom. The van der Waals surface area contributed by atoms with Crippen LogP contribution in [0.4, 0.5) is 10.3 Å². The summed E-state index contributed by atoms with van der Waals surface area (Å²) in [6.45, 7) is 3.94. The summed E-state index contributed by atoms with van der Waals surface area (Å²) in [5.41, 5.74) is 1.69. The van der Waals surface area contributed by atoms with E-state index in [-0.39, 0.29) is 5.82 Å². The minimum absolute atomic E-state index is 0.230. The molecule has 2 heterocycles. The smallest absolute Gasteiger partial charge is 0.226 e. The van der Waals surface area contributed by atoms with Crippen molar-refractivity contribution in [3.05, 3.63) is 29.7 Å². The Morgan fingerprint density at radius 3 is 2.56 bits per heavy atom. The molecular weight excluding hydrogens is 339 g/mol. The Hall–Kier alpha value is -1.75. The lowest BCUT2D eigenvalue weighted by atomic mass is 10.0. The van der Waals surface area contributed by atoms with Gasteiger partial charge in [0.2, 0.25) is 5.95 Å². The van der Waals surface area contributed by atoms with Crippen LogP contribution >= 0.6 is 0 Å². The number of rotatable bonds is 5. The van der Waals surface area contributed by atoms with Gasteiger partial charge in [-0.25, -0.2) is 14.4 Å². The minimum atomic E-state index is -0.230. The van der Waals surface area contributed by atoms with E-state index in [2.05, 4.69) is 10.2 Å². The Kier molecular flexibility index (Phi) is 4.50. The van der Waals surface area contributed by atoms with Gasteiger partial charge in [-0.1, -0.05) is 0 Å². The molecule has 3 fully saturated rings. The zero-order valence-corrected chi connectivity index (χ0v) is 16.1. The predicted octanol–water partition coefficient (Wildman–Crippen LogP) is 4.21. The maximum atomic E-state index is 13.5. The summed E-state index contributed by atoms with van der Waals surface area (Å²) in [7, 11) is 0. The molecule has 144 valence electrons. The number of benzene rings is 1. The average molecular weight is 369 g/mol. The van der Waals surface area contributed by atoms with Gasteiger partial charge in [0.1, 0.15) is 5.82 Å². The summed E-state index contributed by atoms with van der Waals surface area (Å²) in [5, 5.41) is 4.84. The average Bonchev–Trinajstić information content (AvgIpc) is 3.54. The number of hydrogen-bond donors (Lipinski definition) is 1. The molecule has 4 nitrogen and oxygen atoms in total. The zero-order valence-electron chi connectivity index (χ0n) is 16.1. The molecule has 0 amide bonds. The quantitative estimate of drug-likeness (QED) is 0.858. The van der Waals surface area contributed by atoms with Crippen molar-refractivity contribution >= 4 is 16.9 Å². The molecule has 2 aliphatic carbocycles. The number of fused-ring (bicyclic) bond motifs is 1. The molecule has 27 heavy (non-hydrogen) atoms. The van der Waals surface area contributed by atoms with E-state index in [0.717, 1.165) is 59.9 Å². The first-order chi connectivity index (χ1) is 13.2. The monoisotopic (exact) mass is 368 g/mol. The number of hydrogen-bond acceptors (Lipinski definition) is 4. The topological polar surface area (TPSA) is 41.1 Å². The van der Waals surface area contributed by atoms with Crippen LogP contribution < -0.4 is 10.2 Å². The second kappa shape index (κ2) is 7.01. The largest absolute Gasteiger partial charge is 0.341 e. The molecule has 1 N–H and O–H groups in total. The highest BCUT2D eigenvalue weighted by atomic mass is 19.1. The molecule has 1 saturated heterocycles. The lowest BCUT2D eigenvalue weighted by Gasteiger charge is -2.25. The normalized spacial score (nSPS) is 23.8.